The topological polar surface area (TPSA) is 21.3 Å². The molecule has 0 aromatic rings. The standard InChI is InChI=1S/C12H21NO/c1-2-12(7-5-8-12)13-10-11-6-3-4-9-14-11/h4,9,11,13H,2-3,5-8,10H2,1H3. The van der Waals surface area contributed by atoms with Crippen molar-refractivity contribution in [3.8, 4) is 0 Å². The molecule has 2 aliphatic rings. The molecule has 2 nitrogen and oxygen atoms in total. The van der Waals surface area contributed by atoms with Gasteiger partial charge in [0.2, 0.25) is 0 Å². The third kappa shape index (κ3) is 2.11. The lowest BCUT2D eigenvalue weighted by molar-refractivity contribution is 0.0913. The molecule has 1 aliphatic carbocycles. The van der Waals surface area contributed by atoms with Crippen LogP contribution in [-0.2, 0) is 4.74 Å². The summed E-state index contributed by atoms with van der Waals surface area (Å²) in [5.41, 5.74) is 0.463. The summed E-state index contributed by atoms with van der Waals surface area (Å²) < 4.78 is 5.54. The van der Waals surface area contributed by atoms with E-state index in [1.807, 2.05) is 6.26 Å². The highest BCUT2D eigenvalue weighted by Crippen LogP contribution is 2.34. The van der Waals surface area contributed by atoms with Crippen LogP contribution < -0.4 is 5.32 Å². The molecule has 0 aromatic heterocycles. The van der Waals surface area contributed by atoms with Crippen molar-refractivity contribution in [2.45, 2.75) is 57.1 Å². The smallest absolute Gasteiger partial charge is 0.110 e. The quantitative estimate of drug-likeness (QED) is 0.744. The second kappa shape index (κ2) is 4.35. The zero-order chi connectivity index (χ0) is 9.86. The van der Waals surface area contributed by atoms with Crippen LogP contribution >= 0.6 is 0 Å². The zero-order valence-electron chi connectivity index (χ0n) is 9.09. The molecule has 0 saturated heterocycles. The Morgan fingerprint density at radius 2 is 2.36 bits per heavy atom. The molecule has 80 valence electrons. The molecule has 1 saturated carbocycles. The van der Waals surface area contributed by atoms with Gasteiger partial charge in [-0.15, -0.1) is 0 Å². The minimum Gasteiger partial charge on any atom is -0.497 e. The van der Waals surface area contributed by atoms with Gasteiger partial charge in [-0.2, -0.15) is 0 Å². The fraction of sp³-hybridized carbons (Fsp3) is 0.833. The Morgan fingerprint density at radius 3 is 2.86 bits per heavy atom. The highest BCUT2D eigenvalue weighted by atomic mass is 16.5. The molecule has 1 fully saturated rings. The van der Waals surface area contributed by atoms with Gasteiger partial charge in [-0.1, -0.05) is 6.92 Å². The molecule has 0 aromatic carbocycles. The molecule has 1 unspecified atom stereocenters. The van der Waals surface area contributed by atoms with Gasteiger partial charge >= 0.3 is 0 Å². The first-order chi connectivity index (χ1) is 6.85. The Hall–Kier alpha value is -0.500. The van der Waals surface area contributed by atoms with Gasteiger partial charge in [-0.3, -0.25) is 0 Å². The van der Waals surface area contributed by atoms with Gasteiger partial charge in [-0.05, 0) is 44.6 Å². The van der Waals surface area contributed by atoms with E-state index in [0.717, 1.165) is 6.54 Å². The fourth-order valence-corrected chi connectivity index (χ4v) is 2.32. The van der Waals surface area contributed by atoms with E-state index in [9.17, 15) is 0 Å². The number of rotatable bonds is 4. The van der Waals surface area contributed by atoms with Crippen molar-refractivity contribution < 1.29 is 4.74 Å². The monoisotopic (exact) mass is 195 g/mol. The maximum Gasteiger partial charge on any atom is 0.110 e. The van der Waals surface area contributed by atoms with Crippen LogP contribution in [0.2, 0.25) is 0 Å². The average molecular weight is 195 g/mol. The van der Waals surface area contributed by atoms with Crippen molar-refractivity contribution in [1.29, 1.82) is 0 Å². The molecule has 1 aliphatic heterocycles. The van der Waals surface area contributed by atoms with E-state index >= 15 is 0 Å². The molecular formula is C12H21NO. The van der Waals surface area contributed by atoms with E-state index in [2.05, 4.69) is 18.3 Å². The number of hydrogen-bond acceptors (Lipinski definition) is 2. The maximum absolute atomic E-state index is 5.54. The Bertz CT molecular complexity index is 203. The minimum atomic E-state index is 0.407. The molecule has 1 N–H and O–H groups in total. The van der Waals surface area contributed by atoms with Crippen LogP contribution in [0, 0.1) is 0 Å². The second-order valence-corrected chi connectivity index (χ2v) is 4.58. The third-order valence-electron chi connectivity index (χ3n) is 3.71. The lowest BCUT2D eigenvalue weighted by Gasteiger charge is -2.43. The Labute approximate surface area is 86.7 Å². The van der Waals surface area contributed by atoms with Gasteiger partial charge in [0, 0.05) is 12.1 Å². The van der Waals surface area contributed by atoms with E-state index in [0.29, 0.717) is 11.6 Å². The maximum atomic E-state index is 5.54. The number of nitrogens with one attached hydrogen (secondary N) is 1. The van der Waals surface area contributed by atoms with Crippen LogP contribution in [0.5, 0.6) is 0 Å². The van der Waals surface area contributed by atoms with E-state index in [4.69, 9.17) is 4.74 Å². The largest absolute Gasteiger partial charge is 0.497 e. The van der Waals surface area contributed by atoms with Gasteiger partial charge in [0.1, 0.15) is 6.10 Å². The number of hydrogen-bond donors (Lipinski definition) is 1. The molecule has 0 radical (unpaired) electrons. The van der Waals surface area contributed by atoms with Gasteiger partial charge in [-0.25, -0.2) is 0 Å². The van der Waals surface area contributed by atoms with Crippen molar-refractivity contribution in [3.05, 3.63) is 12.3 Å². The predicted octanol–water partition coefficient (Wildman–Crippen LogP) is 2.60. The highest BCUT2D eigenvalue weighted by Gasteiger charge is 2.34. The zero-order valence-corrected chi connectivity index (χ0v) is 9.09. The van der Waals surface area contributed by atoms with Crippen molar-refractivity contribution in [3.63, 3.8) is 0 Å². The summed E-state index contributed by atoms with van der Waals surface area (Å²) in [6.07, 6.45) is 12.1. The van der Waals surface area contributed by atoms with Crippen LogP contribution in [0.3, 0.4) is 0 Å². The normalized spacial score (nSPS) is 29.4. The van der Waals surface area contributed by atoms with Gasteiger partial charge in [0.05, 0.1) is 6.26 Å². The predicted molar refractivity (Wildman–Crippen MR) is 58.1 cm³/mol. The van der Waals surface area contributed by atoms with Crippen LogP contribution in [0.1, 0.15) is 45.4 Å². The molecule has 1 atom stereocenters. The van der Waals surface area contributed by atoms with E-state index in [1.165, 1.54) is 38.5 Å². The van der Waals surface area contributed by atoms with Crippen LogP contribution in [0.15, 0.2) is 12.3 Å². The lowest BCUT2D eigenvalue weighted by atomic mass is 9.75. The molecule has 0 amide bonds. The van der Waals surface area contributed by atoms with Gasteiger partial charge < -0.3 is 10.1 Å². The first-order valence-corrected chi connectivity index (χ1v) is 5.90. The second-order valence-electron chi connectivity index (χ2n) is 4.58. The van der Waals surface area contributed by atoms with E-state index < -0.39 is 0 Å². The summed E-state index contributed by atoms with van der Waals surface area (Å²) >= 11 is 0. The first kappa shape index (κ1) is 10.0. The molecular weight excluding hydrogens is 174 g/mol. The summed E-state index contributed by atoms with van der Waals surface area (Å²) in [4.78, 5) is 0. The summed E-state index contributed by atoms with van der Waals surface area (Å²) in [5.74, 6) is 0. The molecule has 2 rings (SSSR count). The molecule has 0 bridgehead atoms. The van der Waals surface area contributed by atoms with Crippen molar-refractivity contribution in [2.75, 3.05) is 6.54 Å². The van der Waals surface area contributed by atoms with Crippen molar-refractivity contribution >= 4 is 0 Å². The number of ether oxygens (including phenoxy) is 1. The van der Waals surface area contributed by atoms with E-state index in [1.54, 1.807) is 0 Å². The SMILES string of the molecule is CCC1(NCC2CCC=CO2)CCC1. The number of allylic oxidation sites excluding steroid dienone is 1. The Kier molecular flexibility index (Phi) is 3.12. The first-order valence-electron chi connectivity index (χ1n) is 5.90. The van der Waals surface area contributed by atoms with Gasteiger partial charge in [0.15, 0.2) is 0 Å². The Balaban J connectivity index is 1.73. The van der Waals surface area contributed by atoms with Crippen molar-refractivity contribution in [1.82, 2.24) is 5.32 Å². The molecule has 2 heteroatoms. The molecule has 1 heterocycles. The fourth-order valence-electron chi connectivity index (χ4n) is 2.32. The lowest BCUT2D eigenvalue weighted by Crippen LogP contribution is -2.52. The molecule has 0 spiro atoms. The van der Waals surface area contributed by atoms with Crippen LogP contribution in [0.4, 0.5) is 0 Å². The molecule has 14 heavy (non-hydrogen) atoms. The summed E-state index contributed by atoms with van der Waals surface area (Å²) in [6.45, 7) is 3.31. The summed E-state index contributed by atoms with van der Waals surface area (Å²) in [5, 5.41) is 3.69. The highest BCUT2D eigenvalue weighted by molar-refractivity contribution is 4.95. The Morgan fingerprint density at radius 1 is 1.50 bits per heavy atom. The summed E-state index contributed by atoms with van der Waals surface area (Å²) in [7, 11) is 0. The third-order valence-corrected chi connectivity index (χ3v) is 3.71. The van der Waals surface area contributed by atoms with Gasteiger partial charge in [0.25, 0.3) is 0 Å². The van der Waals surface area contributed by atoms with Crippen LogP contribution in [-0.4, -0.2) is 18.2 Å². The minimum absolute atomic E-state index is 0.407. The van der Waals surface area contributed by atoms with E-state index in [-0.39, 0.29) is 0 Å². The van der Waals surface area contributed by atoms with Crippen molar-refractivity contribution in [2.24, 2.45) is 0 Å². The summed E-state index contributed by atoms with van der Waals surface area (Å²) in [6, 6.07) is 0. The van der Waals surface area contributed by atoms with Crippen LogP contribution in [0.25, 0.3) is 0 Å². The average Bonchev–Trinajstić information content (AvgIpc) is 2.19.